The van der Waals surface area contributed by atoms with Gasteiger partial charge in [-0.05, 0) is 25.0 Å². The maximum Gasteiger partial charge on any atom is 0.232 e. The quantitative estimate of drug-likeness (QED) is 0.766. The van der Waals surface area contributed by atoms with Crippen molar-refractivity contribution < 1.29 is 14.3 Å². The fourth-order valence-electron chi connectivity index (χ4n) is 3.12. The highest BCUT2D eigenvalue weighted by Crippen LogP contribution is 2.22. The third-order valence-corrected chi connectivity index (χ3v) is 5.45. The van der Waals surface area contributed by atoms with Crippen molar-refractivity contribution in [2.24, 2.45) is 5.92 Å². The van der Waals surface area contributed by atoms with Gasteiger partial charge >= 0.3 is 0 Å². The largest absolute Gasteiger partial charge is 0.378 e. The third kappa shape index (κ3) is 4.48. The average molecular weight is 349 g/mol. The van der Waals surface area contributed by atoms with Crippen molar-refractivity contribution in [3.63, 3.8) is 0 Å². The van der Waals surface area contributed by atoms with Crippen LogP contribution < -0.4 is 0 Å². The van der Waals surface area contributed by atoms with Crippen LogP contribution in [0.25, 0.3) is 0 Å². The normalized spacial score (nSPS) is 21.6. The Bertz CT molecular complexity index is 563. The predicted octanol–water partition coefficient (Wildman–Crippen LogP) is 1.27. The number of ether oxygens (including phenoxy) is 1. The number of morpholine rings is 1. The van der Waals surface area contributed by atoms with Gasteiger partial charge < -0.3 is 14.5 Å². The van der Waals surface area contributed by atoms with Crippen molar-refractivity contribution in [1.82, 2.24) is 14.8 Å². The lowest BCUT2D eigenvalue weighted by molar-refractivity contribution is -0.143. The monoisotopic (exact) mass is 349 g/mol. The molecule has 24 heavy (non-hydrogen) atoms. The van der Waals surface area contributed by atoms with E-state index in [-0.39, 0.29) is 17.7 Å². The number of pyridine rings is 1. The van der Waals surface area contributed by atoms with Crippen LogP contribution in [-0.2, 0) is 14.3 Å². The standard InChI is InChI=1S/C17H23N3O3S/c21-16(13-24-15-3-5-18-6-4-15)20-7-1-2-14(12-20)17(22)19-8-10-23-11-9-19/h3-6,14H,1-2,7-13H2. The van der Waals surface area contributed by atoms with E-state index >= 15 is 0 Å². The average Bonchev–Trinajstić information content (AvgIpc) is 2.67. The molecule has 2 fully saturated rings. The van der Waals surface area contributed by atoms with Gasteiger partial charge in [0.2, 0.25) is 11.8 Å². The maximum absolute atomic E-state index is 12.6. The predicted molar refractivity (Wildman–Crippen MR) is 91.7 cm³/mol. The molecule has 130 valence electrons. The number of hydrogen-bond donors (Lipinski definition) is 0. The summed E-state index contributed by atoms with van der Waals surface area (Å²) in [5.41, 5.74) is 0. The summed E-state index contributed by atoms with van der Waals surface area (Å²) in [5, 5.41) is 0. The molecule has 0 bridgehead atoms. The molecule has 0 N–H and O–H groups in total. The lowest BCUT2D eigenvalue weighted by atomic mass is 9.96. The molecule has 0 aliphatic carbocycles. The van der Waals surface area contributed by atoms with Crippen LogP contribution in [-0.4, -0.2) is 71.7 Å². The van der Waals surface area contributed by atoms with Gasteiger partial charge in [-0.3, -0.25) is 14.6 Å². The summed E-state index contributed by atoms with van der Waals surface area (Å²) in [6.07, 6.45) is 5.22. The Morgan fingerprint density at radius 1 is 1.17 bits per heavy atom. The number of piperidine rings is 1. The van der Waals surface area contributed by atoms with Crippen molar-refractivity contribution in [2.75, 3.05) is 45.1 Å². The minimum absolute atomic E-state index is 0.0632. The molecule has 7 heteroatoms. The molecule has 1 aromatic rings. The van der Waals surface area contributed by atoms with Gasteiger partial charge in [-0.2, -0.15) is 0 Å². The van der Waals surface area contributed by atoms with E-state index in [4.69, 9.17) is 4.74 Å². The highest BCUT2D eigenvalue weighted by Gasteiger charge is 2.31. The highest BCUT2D eigenvalue weighted by atomic mass is 32.2. The molecule has 1 atom stereocenters. The Labute approximate surface area is 146 Å². The van der Waals surface area contributed by atoms with Crippen LogP contribution in [0, 0.1) is 5.92 Å². The molecule has 6 nitrogen and oxygen atoms in total. The summed E-state index contributed by atoms with van der Waals surface area (Å²) in [5.74, 6) is 0.628. The van der Waals surface area contributed by atoms with E-state index in [1.54, 1.807) is 12.4 Å². The lowest BCUT2D eigenvalue weighted by Gasteiger charge is -2.36. The van der Waals surface area contributed by atoms with E-state index in [0.717, 1.165) is 24.3 Å². The van der Waals surface area contributed by atoms with E-state index in [9.17, 15) is 9.59 Å². The zero-order valence-electron chi connectivity index (χ0n) is 13.7. The molecule has 1 unspecified atom stereocenters. The molecule has 3 rings (SSSR count). The smallest absolute Gasteiger partial charge is 0.232 e. The number of nitrogens with zero attached hydrogens (tertiary/aromatic N) is 3. The lowest BCUT2D eigenvalue weighted by Crippen LogP contribution is -2.49. The summed E-state index contributed by atoms with van der Waals surface area (Å²) < 4.78 is 5.30. The van der Waals surface area contributed by atoms with Gasteiger partial charge in [-0.15, -0.1) is 11.8 Å². The first-order valence-corrected chi connectivity index (χ1v) is 9.40. The number of aromatic nitrogens is 1. The minimum Gasteiger partial charge on any atom is -0.378 e. The number of carbonyl (C=O) groups excluding carboxylic acids is 2. The second-order valence-corrected chi connectivity index (χ2v) is 7.14. The molecular weight excluding hydrogens is 326 g/mol. The van der Waals surface area contributed by atoms with Crippen molar-refractivity contribution in [3.05, 3.63) is 24.5 Å². The van der Waals surface area contributed by atoms with Crippen LogP contribution >= 0.6 is 11.8 Å². The molecule has 1 aromatic heterocycles. The second kappa shape index (κ2) is 8.48. The molecule has 0 aromatic carbocycles. The minimum atomic E-state index is -0.0632. The third-order valence-electron chi connectivity index (χ3n) is 4.46. The van der Waals surface area contributed by atoms with Crippen LogP contribution in [0.2, 0.25) is 0 Å². The van der Waals surface area contributed by atoms with Gasteiger partial charge in [0, 0.05) is 43.5 Å². The number of carbonyl (C=O) groups is 2. The molecule has 0 saturated carbocycles. The van der Waals surface area contributed by atoms with Gasteiger partial charge in [0.25, 0.3) is 0 Å². The van der Waals surface area contributed by atoms with Crippen molar-refractivity contribution in [1.29, 1.82) is 0 Å². The Morgan fingerprint density at radius 2 is 1.92 bits per heavy atom. The van der Waals surface area contributed by atoms with E-state index in [1.807, 2.05) is 21.9 Å². The van der Waals surface area contributed by atoms with Crippen LogP contribution in [0.3, 0.4) is 0 Å². The van der Waals surface area contributed by atoms with E-state index < -0.39 is 0 Å². The molecule has 2 saturated heterocycles. The van der Waals surface area contributed by atoms with Gasteiger partial charge in [0.05, 0.1) is 24.9 Å². The summed E-state index contributed by atoms with van der Waals surface area (Å²) in [4.78, 5) is 33.8. The first-order valence-electron chi connectivity index (χ1n) is 8.41. The summed E-state index contributed by atoms with van der Waals surface area (Å²) >= 11 is 1.52. The van der Waals surface area contributed by atoms with Crippen LogP contribution in [0.1, 0.15) is 12.8 Å². The van der Waals surface area contributed by atoms with Crippen molar-refractivity contribution >= 4 is 23.6 Å². The van der Waals surface area contributed by atoms with Crippen LogP contribution in [0.15, 0.2) is 29.4 Å². The van der Waals surface area contributed by atoms with Gasteiger partial charge in [-0.25, -0.2) is 0 Å². The molecule has 0 spiro atoms. The van der Waals surface area contributed by atoms with E-state index in [1.165, 1.54) is 11.8 Å². The van der Waals surface area contributed by atoms with Crippen LogP contribution in [0.5, 0.6) is 0 Å². The molecular formula is C17H23N3O3S. The van der Waals surface area contributed by atoms with E-state index in [2.05, 4.69) is 4.98 Å². The fraction of sp³-hybridized carbons (Fsp3) is 0.588. The number of likely N-dealkylation sites (tertiary alicyclic amines) is 1. The Morgan fingerprint density at radius 3 is 2.67 bits per heavy atom. The SMILES string of the molecule is O=C(CSc1ccncc1)N1CCCC(C(=O)N2CCOCC2)C1. The van der Waals surface area contributed by atoms with Gasteiger partial charge in [-0.1, -0.05) is 0 Å². The number of amides is 2. The van der Waals surface area contributed by atoms with Gasteiger partial charge in [0.1, 0.15) is 0 Å². The maximum atomic E-state index is 12.6. The fourth-order valence-corrected chi connectivity index (χ4v) is 3.90. The Hall–Kier alpha value is -1.60. The Kier molecular flexibility index (Phi) is 6.09. The first-order chi connectivity index (χ1) is 11.7. The Balaban J connectivity index is 1.50. The number of rotatable bonds is 4. The number of thioether (sulfide) groups is 1. The topological polar surface area (TPSA) is 62.7 Å². The molecule has 2 amide bonds. The summed E-state index contributed by atoms with van der Waals surface area (Å²) in [7, 11) is 0. The van der Waals surface area contributed by atoms with Crippen molar-refractivity contribution in [2.45, 2.75) is 17.7 Å². The second-order valence-electron chi connectivity index (χ2n) is 6.09. The molecule has 2 aliphatic heterocycles. The first kappa shape index (κ1) is 17.2. The van der Waals surface area contributed by atoms with Crippen LogP contribution in [0.4, 0.5) is 0 Å². The summed E-state index contributed by atoms with van der Waals surface area (Å²) in [6.45, 7) is 3.87. The zero-order valence-corrected chi connectivity index (χ0v) is 14.5. The zero-order chi connectivity index (χ0) is 16.8. The molecule has 3 heterocycles. The summed E-state index contributed by atoms with van der Waals surface area (Å²) in [6, 6.07) is 3.80. The van der Waals surface area contributed by atoms with Gasteiger partial charge in [0.15, 0.2) is 0 Å². The highest BCUT2D eigenvalue weighted by molar-refractivity contribution is 8.00. The molecule has 0 radical (unpaired) electrons. The van der Waals surface area contributed by atoms with E-state index in [0.29, 0.717) is 38.6 Å². The molecule has 2 aliphatic rings. The van der Waals surface area contributed by atoms with Crippen molar-refractivity contribution in [3.8, 4) is 0 Å². The number of hydrogen-bond acceptors (Lipinski definition) is 5.